The summed E-state index contributed by atoms with van der Waals surface area (Å²) in [7, 11) is 0. The van der Waals surface area contributed by atoms with Gasteiger partial charge in [0.15, 0.2) is 0 Å². The molecule has 4 nitrogen and oxygen atoms in total. The van der Waals surface area contributed by atoms with Crippen LogP contribution in [0.1, 0.15) is 0 Å². The minimum atomic E-state index is -0.333. The molecule has 0 bridgehead atoms. The lowest BCUT2D eigenvalue weighted by Gasteiger charge is -2.17. The minimum absolute atomic E-state index is 0.333. The van der Waals surface area contributed by atoms with Crippen molar-refractivity contribution in [2.45, 2.75) is 0 Å². The highest BCUT2D eigenvalue weighted by Gasteiger charge is 2.08. The summed E-state index contributed by atoms with van der Waals surface area (Å²) in [5, 5.41) is 12.0. The van der Waals surface area contributed by atoms with Gasteiger partial charge < -0.3 is 5.11 Å². The van der Waals surface area contributed by atoms with E-state index >= 15 is 0 Å². The molecule has 4 heteroatoms. The topological polar surface area (TPSA) is 50.0 Å². The van der Waals surface area contributed by atoms with Crippen molar-refractivity contribution in [3.05, 3.63) is 77.1 Å². The summed E-state index contributed by atoms with van der Waals surface area (Å²) in [6.45, 7) is 0. The molecule has 0 aliphatic carbocycles. The molecule has 3 aromatic rings. The van der Waals surface area contributed by atoms with Gasteiger partial charge in [0.05, 0.1) is 11.4 Å². The van der Waals surface area contributed by atoms with Crippen LogP contribution in [0.4, 0.5) is 0 Å². The fourth-order valence-corrected chi connectivity index (χ4v) is 2.05. The van der Waals surface area contributed by atoms with Crippen molar-refractivity contribution in [2.24, 2.45) is 0 Å². The van der Waals surface area contributed by atoms with E-state index in [1.807, 2.05) is 36.4 Å². The molecule has 1 heterocycles. The highest BCUT2D eigenvalue weighted by atomic mass is 16.3. The zero-order valence-corrected chi connectivity index (χ0v) is 10.1. The van der Waals surface area contributed by atoms with Crippen LogP contribution >= 0.6 is 0 Å². The van der Waals surface area contributed by atoms with E-state index in [4.69, 9.17) is 0 Å². The van der Waals surface area contributed by atoms with Gasteiger partial charge >= 0.3 is 0 Å². The van der Waals surface area contributed by atoms with E-state index in [9.17, 15) is 9.90 Å². The van der Waals surface area contributed by atoms with Crippen LogP contribution < -0.4 is 10.7 Å². The first-order valence-corrected chi connectivity index (χ1v) is 5.90. The molecule has 3 rings (SSSR count). The van der Waals surface area contributed by atoms with E-state index < -0.39 is 0 Å². The highest BCUT2D eigenvalue weighted by molar-refractivity contribution is 5.39. The molecular weight excluding hydrogens is 240 g/mol. The predicted molar refractivity (Wildman–Crippen MR) is 70.8 cm³/mol. The third-order valence-electron chi connectivity index (χ3n) is 2.87. The maximum Gasteiger partial charge on any atom is 0.271 e. The molecule has 0 fully saturated rings. The predicted octanol–water partition coefficient (Wildman–Crippen LogP) is 1.70. The van der Waals surface area contributed by atoms with E-state index in [0.29, 0.717) is 11.4 Å². The summed E-state index contributed by atoms with van der Waals surface area (Å²) in [6.07, 6.45) is 0. The van der Waals surface area contributed by atoms with Crippen LogP contribution in [0, 0.1) is 0 Å². The molecule has 2 aromatic carbocycles. The average Bonchev–Trinajstić information content (AvgIpc) is 2.75. The molecule has 0 aliphatic rings. The first kappa shape index (κ1) is 11.3. The highest BCUT2D eigenvalue weighted by Crippen LogP contribution is 2.16. The number of hydrogen-bond acceptors (Lipinski definition) is 2. The molecule has 0 unspecified atom stereocenters. The van der Waals surface area contributed by atoms with E-state index in [1.54, 1.807) is 24.3 Å². The Morgan fingerprint density at radius 1 is 0.737 bits per heavy atom. The lowest BCUT2D eigenvalue weighted by Crippen LogP contribution is -2.20. The quantitative estimate of drug-likeness (QED) is 0.696. The van der Waals surface area contributed by atoms with E-state index in [2.05, 4.69) is 0 Å². The zero-order chi connectivity index (χ0) is 13.2. The van der Waals surface area contributed by atoms with E-state index in [1.165, 1.54) is 9.36 Å². The molecule has 19 heavy (non-hydrogen) atoms. The number of hydrogen-bond donors (Lipinski definition) is 0. The van der Waals surface area contributed by atoms with E-state index in [-0.39, 0.29) is 11.4 Å². The largest absolute Gasteiger partial charge is 0.858 e. The molecule has 94 valence electrons. The zero-order valence-electron chi connectivity index (χ0n) is 10.1. The third kappa shape index (κ3) is 1.93. The second-order valence-corrected chi connectivity index (χ2v) is 4.12. The molecule has 0 aliphatic heterocycles. The van der Waals surface area contributed by atoms with E-state index in [0.717, 1.165) is 6.07 Å². The molecular formula is C15H11N2O2-. The Balaban J connectivity index is 2.30. The lowest BCUT2D eigenvalue weighted by atomic mass is 10.3. The van der Waals surface area contributed by atoms with Crippen LogP contribution in [0.15, 0.2) is 71.5 Å². The SMILES string of the molecule is O=c1cc([O-])n(-c2ccccc2)n1-c1ccccc1. The normalized spacial score (nSPS) is 10.5. The van der Waals surface area contributed by atoms with Gasteiger partial charge in [-0.05, 0) is 30.1 Å². The average molecular weight is 251 g/mol. The fourth-order valence-electron chi connectivity index (χ4n) is 2.05. The third-order valence-corrected chi connectivity index (χ3v) is 2.87. The minimum Gasteiger partial charge on any atom is -0.858 e. The second kappa shape index (κ2) is 4.49. The molecule has 0 atom stereocenters. The first-order valence-electron chi connectivity index (χ1n) is 5.90. The summed E-state index contributed by atoms with van der Waals surface area (Å²) >= 11 is 0. The number of rotatable bonds is 2. The summed E-state index contributed by atoms with van der Waals surface area (Å²) in [5.74, 6) is -0.333. The Morgan fingerprint density at radius 2 is 1.21 bits per heavy atom. The van der Waals surface area contributed by atoms with Crippen molar-refractivity contribution in [1.29, 1.82) is 0 Å². The van der Waals surface area contributed by atoms with Gasteiger partial charge in [-0.3, -0.25) is 9.48 Å². The smallest absolute Gasteiger partial charge is 0.271 e. The van der Waals surface area contributed by atoms with Crippen LogP contribution in [-0.2, 0) is 0 Å². The van der Waals surface area contributed by atoms with Crippen LogP contribution in [0.25, 0.3) is 11.4 Å². The monoisotopic (exact) mass is 251 g/mol. The Morgan fingerprint density at radius 3 is 1.74 bits per heavy atom. The number of nitrogens with zero attached hydrogens (tertiary/aromatic N) is 2. The Kier molecular flexibility index (Phi) is 2.68. The van der Waals surface area contributed by atoms with Crippen molar-refractivity contribution >= 4 is 0 Å². The number of aromatic nitrogens is 2. The van der Waals surface area contributed by atoms with Crippen molar-refractivity contribution in [2.75, 3.05) is 0 Å². The fraction of sp³-hybridized carbons (Fsp3) is 0. The van der Waals surface area contributed by atoms with Gasteiger partial charge in [-0.25, -0.2) is 4.68 Å². The summed E-state index contributed by atoms with van der Waals surface area (Å²) in [4.78, 5) is 12.0. The van der Waals surface area contributed by atoms with Crippen LogP contribution in [0.3, 0.4) is 0 Å². The van der Waals surface area contributed by atoms with Gasteiger partial charge in [-0.2, -0.15) is 0 Å². The summed E-state index contributed by atoms with van der Waals surface area (Å²) < 4.78 is 2.75. The van der Waals surface area contributed by atoms with Crippen LogP contribution in [0.5, 0.6) is 5.88 Å². The molecule has 0 saturated carbocycles. The first-order chi connectivity index (χ1) is 9.27. The molecule has 0 amide bonds. The maximum absolute atomic E-state index is 12.0. The van der Waals surface area contributed by atoms with Crippen molar-refractivity contribution in [3.63, 3.8) is 0 Å². The molecule has 0 saturated heterocycles. The molecule has 1 aromatic heterocycles. The maximum atomic E-state index is 12.0. The van der Waals surface area contributed by atoms with Crippen molar-refractivity contribution < 1.29 is 5.11 Å². The molecule has 0 N–H and O–H groups in total. The summed E-state index contributed by atoms with van der Waals surface area (Å²) in [6, 6.07) is 19.3. The molecule has 0 spiro atoms. The van der Waals surface area contributed by atoms with Gasteiger partial charge in [0.25, 0.3) is 5.56 Å². The summed E-state index contributed by atoms with van der Waals surface area (Å²) in [5.41, 5.74) is 0.997. The van der Waals surface area contributed by atoms with Crippen LogP contribution in [-0.4, -0.2) is 9.36 Å². The Hall–Kier alpha value is -2.75. The molecule has 0 radical (unpaired) electrons. The Labute approximate surface area is 109 Å². The van der Waals surface area contributed by atoms with Gasteiger partial charge in [-0.15, -0.1) is 0 Å². The van der Waals surface area contributed by atoms with Gasteiger partial charge in [0.1, 0.15) is 0 Å². The van der Waals surface area contributed by atoms with Crippen molar-refractivity contribution in [1.82, 2.24) is 9.36 Å². The van der Waals surface area contributed by atoms with Crippen LogP contribution in [0.2, 0.25) is 0 Å². The van der Waals surface area contributed by atoms with Gasteiger partial charge in [-0.1, -0.05) is 36.4 Å². The standard InChI is InChI=1S/C15H12N2O2/c18-14-11-15(19)17(13-9-5-2-6-10-13)16(14)12-7-3-1-4-8-12/h1-11,18H/p-1. The number of benzene rings is 2. The van der Waals surface area contributed by atoms with Gasteiger partial charge in [0.2, 0.25) is 0 Å². The number of para-hydroxylation sites is 2. The van der Waals surface area contributed by atoms with Crippen molar-refractivity contribution in [3.8, 4) is 17.3 Å². The second-order valence-electron chi connectivity index (χ2n) is 4.12. The van der Waals surface area contributed by atoms with Gasteiger partial charge in [0, 0.05) is 6.07 Å². The lowest BCUT2D eigenvalue weighted by molar-refractivity contribution is -0.278. The Bertz CT molecular complexity index is 743.